The van der Waals surface area contributed by atoms with Gasteiger partial charge in [-0.3, -0.25) is 4.79 Å². The van der Waals surface area contributed by atoms with E-state index in [0.717, 1.165) is 16.8 Å². The van der Waals surface area contributed by atoms with Crippen molar-refractivity contribution < 1.29 is 4.79 Å². The van der Waals surface area contributed by atoms with Crippen LogP contribution in [-0.4, -0.2) is 5.91 Å². The molecule has 0 spiro atoms. The van der Waals surface area contributed by atoms with Gasteiger partial charge < -0.3 is 5.32 Å². The second-order valence-electron chi connectivity index (χ2n) is 6.08. The third kappa shape index (κ3) is 5.18. The van der Waals surface area contributed by atoms with Gasteiger partial charge in [0.1, 0.15) is 0 Å². The number of carbonyl (C=O) groups is 1. The van der Waals surface area contributed by atoms with Gasteiger partial charge in [-0.1, -0.05) is 84.4 Å². The first kappa shape index (κ1) is 16.7. The lowest BCUT2D eigenvalue weighted by Gasteiger charge is -2.06. The quantitative estimate of drug-likeness (QED) is 0.629. The Balaban J connectivity index is 1.57. The fraction of sp³-hybridized carbons (Fsp3) is 0.0870. The summed E-state index contributed by atoms with van der Waals surface area (Å²) in [6.07, 6.45) is 4.53. The van der Waals surface area contributed by atoms with E-state index in [1.54, 1.807) is 0 Å². The average Bonchev–Trinajstić information content (AvgIpc) is 2.64. The number of hydrogen-bond acceptors (Lipinski definition) is 1. The Morgan fingerprint density at radius 3 is 2.04 bits per heavy atom. The largest absolute Gasteiger partial charge is 0.326 e. The van der Waals surface area contributed by atoms with Crippen molar-refractivity contribution in [3.05, 3.63) is 101 Å². The van der Waals surface area contributed by atoms with Gasteiger partial charge in [0, 0.05) is 5.69 Å². The minimum atomic E-state index is -0.00330. The highest BCUT2D eigenvalue weighted by Crippen LogP contribution is 2.12. The molecule has 1 amide bonds. The van der Waals surface area contributed by atoms with Crippen molar-refractivity contribution in [2.45, 2.75) is 13.3 Å². The van der Waals surface area contributed by atoms with Crippen LogP contribution in [0, 0.1) is 6.92 Å². The van der Waals surface area contributed by atoms with Gasteiger partial charge in [-0.15, -0.1) is 0 Å². The van der Waals surface area contributed by atoms with Crippen LogP contribution in [0.1, 0.15) is 22.3 Å². The second kappa shape index (κ2) is 8.11. The van der Waals surface area contributed by atoms with Crippen LogP contribution in [-0.2, 0) is 11.2 Å². The molecular weight excluding hydrogens is 306 g/mol. The minimum absolute atomic E-state index is 0.00330. The van der Waals surface area contributed by atoms with E-state index >= 15 is 0 Å². The van der Waals surface area contributed by atoms with Crippen molar-refractivity contribution in [1.82, 2.24) is 0 Å². The van der Waals surface area contributed by atoms with E-state index < -0.39 is 0 Å². The van der Waals surface area contributed by atoms with Crippen LogP contribution < -0.4 is 5.32 Å². The number of nitrogens with one attached hydrogen (secondary N) is 1. The maximum absolute atomic E-state index is 12.1. The molecule has 3 aromatic rings. The molecular formula is C23H21NO. The number of aryl methyl sites for hydroxylation is 1. The molecule has 3 rings (SSSR count). The minimum Gasteiger partial charge on any atom is -0.326 e. The third-order valence-corrected chi connectivity index (χ3v) is 3.95. The molecule has 0 fully saturated rings. The molecule has 2 nitrogen and oxygen atoms in total. The molecule has 2 heteroatoms. The molecule has 0 aliphatic heterocycles. The summed E-state index contributed by atoms with van der Waals surface area (Å²) in [4.78, 5) is 12.1. The molecule has 0 heterocycles. The molecule has 0 aliphatic carbocycles. The van der Waals surface area contributed by atoms with Crippen molar-refractivity contribution in [2.24, 2.45) is 0 Å². The van der Waals surface area contributed by atoms with Crippen LogP contribution in [0.3, 0.4) is 0 Å². The summed E-state index contributed by atoms with van der Waals surface area (Å²) in [6.45, 7) is 2.03. The first-order valence-corrected chi connectivity index (χ1v) is 8.38. The van der Waals surface area contributed by atoms with Crippen molar-refractivity contribution in [2.75, 3.05) is 5.32 Å². The molecule has 0 aliphatic rings. The SMILES string of the molecule is Cc1ccc(NC(=O)Cc2ccc(/C=C/c3ccccc3)cc2)cc1. The Morgan fingerprint density at radius 2 is 1.40 bits per heavy atom. The van der Waals surface area contributed by atoms with E-state index in [0.29, 0.717) is 6.42 Å². The first-order chi connectivity index (χ1) is 12.2. The average molecular weight is 327 g/mol. The normalized spacial score (nSPS) is 10.8. The van der Waals surface area contributed by atoms with Gasteiger partial charge in [0.2, 0.25) is 5.91 Å². The summed E-state index contributed by atoms with van der Waals surface area (Å²) < 4.78 is 0. The summed E-state index contributed by atoms with van der Waals surface area (Å²) in [7, 11) is 0. The monoisotopic (exact) mass is 327 g/mol. The molecule has 0 saturated heterocycles. The predicted molar refractivity (Wildman–Crippen MR) is 105 cm³/mol. The standard InChI is InChI=1S/C23H21NO/c1-18-7-15-22(16-8-18)24-23(25)17-21-13-11-20(12-14-21)10-9-19-5-3-2-4-6-19/h2-16H,17H2,1H3,(H,24,25)/b10-9+. The Morgan fingerprint density at radius 1 is 0.800 bits per heavy atom. The lowest BCUT2D eigenvalue weighted by Crippen LogP contribution is -2.14. The van der Waals surface area contributed by atoms with E-state index in [2.05, 4.69) is 29.6 Å². The fourth-order valence-electron chi connectivity index (χ4n) is 2.53. The van der Waals surface area contributed by atoms with E-state index in [9.17, 15) is 4.79 Å². The summed E-state index contributed by atoms with van der Waals surface area (Å²) in [5.74, 6) is -0.00330. The highest BCUT2D eigenvalue weighted by Gasteiger charge is 2.04. The fourth-order valence-corrected chi connectivity index (χ4v) is 2.53. The Bertz CT molecular complexity index is 847. The van der Waals surface area contributed by atoms with Gasteiger partial charge in [0.25, 0.3) is 0 Å². The van der Waals surface area contributed by atoms with Crippen LogP contribution in [0.4, 0.5) is 5.69 Å². The molecule has 0 unspecified atom stereocenters. The Kier molecular flexibility index (Phi) is 5.43. The molecule has 124 valence electrons. The maximum atomic E-state index is 12.1. The van der Waals surface area contributed by atoms with Gasteiger partial charge in [0.15, 0.2) is 0 Å². The van der Waals surface area contributed by atoms with E-state index in [4.69, 9.17) is 0 Å². The zero-order valence-corrected chi connectivity index (χ0v) is 14.3. The molecule has 0 saturated carbocycles. The second-order valence-corrected chi connectivity index (χ2v) is 6.08. The van der Waals surface area contributed by atoms with Crippen LogP contribution in [0.2, 0.25) is 0 Å². The topological polar surface area (TPSA) is 29.1 Å². The zero-order chi connectivity index (χ0) is 17.5. The highest BCUT2D eigenvalue weighted by molar-refractivity contribution is 5.92. The van der Waals surface area contributed by atoms with Gasteiger partial charge in [-0.2, -0.15) is 0 Å². The summed E-state index contributed by atoms with van der Waals surface area (Å²) in [5.41, 5.74) is 5.30. The number of benzene rings is 3. The molecule has 0 radical (unpaired) electrons. The van der Waals surface area contributed by atoms with Gasteiger partial charge in [-0.05, 0) is 35.7 Å². The van der Waals surface area contributed by atoms with Crippen LogP contribution in [0.15, 0.2) is 78.9 Å². The van der Waals surface area contributed by atoms with Crippen molar-refractivity contribution in [3.8, 4) is 0 Å². The highest BCUT2D eigenvalue weighted by atomic mass is 16.1. The van der Waals surface area contributed by atoms with Gasteiger partial charge in [-0.25, -0.2) is 0 Å². The number of carbonyl (C=O) groups excluding carboxylic acids is 1. The van der Waals surface area contributed by atoms with Gasteiger partial charge in [0.05, 0.1) is 6.42 Å². The molecule has 0 bridgehead atoms. The predicted octanol–water partition coefficient (Wildman–Crippen LogP) is 5.35. The Hall–Kier alpha value is -3.13. The zero-order valence-electron chi connectivity index (χ0n) is 14.3. The molecule has 3 aromatic carbocycles. The number of amides is 1. The smallest absolute Gasteiger partial charge is 0.228 e. The van der Waals surface area contributed by atoms with E-state index in [1.165, 1.54) is 11.1 Å². The van der Waals surface area contributed by atoms with Crippen LogP contribution >= 0.6 is 0 Å². The molecule has 1 N–H and O–H groups in total. The van der Waals surface area contributed by atoms with Gasteiger partial charge >= 0.3 is 0 Å². The third-order valence-electron chi connectivity index (χ3n) is 3.95. The summed E-state index contributed by atoms with van der Waals surface area (Å²) in [6, 6.07) is 26.1. The lowest BCUT2D eigenvalue weighted by molar-refractivity contribution is -0.115. The van der Waals surface area contributed by atoms with Crippen LogP contribution in [0.25, 0.3) is 12.2 Å². The molecule has 0 atom stereocenters. The summed E-state index contributed by atoms with van der Waals surface area (Å²) >= 11 is 0. The summed E-state index contributed by atoms with van der Waals surface area (Å²) in [5, 5.41) is 2.93. The number of rotatable bonds is 5. The number of anilines is 1. The van der Waals surface area contributed by atoms with E-state index in [1.807, 2.05) is 73.7 Å². The van der Waals surface area contributed by atoms with Crippen molar-refractivity contribution in [1.29, 1.82) is 0 Å². The van der Waals surface area contributed by atoms with Crippen LogP contribution in [0.5, 0.6) is 0 Å². The van der Waals surface area contributed by atoms with Crippen molar-refractivity contribution in [3.63, 3.8) is 0 Å². The number of hydrogen-bond donors (Lipinski definition) is 1. The first-order valence-electron chi connectivity index (χ1n) is 8.38. The molecule has 25 heavy (non-hydrogen) atoms. The lowest BCUT2D eigenvalue weighted by atomic mass is 10.1. The maximum Gasteiger partial charge on any atom is 0.228 e. The Labute approximate surface area is 148 Å². The van der Waals surface area contributed by atoms with Crippen molar-refractivity contribution >= 4 is 23.7 Å². The molecule has 0 aromatic heterocycles. The van der Waals surface area contributed by atoms with E-state index in [-0.39, 0.29) is 5.91 Å².